The van der Waals surface area contributed by atoms with Gasteiger partial charge in [-0.05, 0) is 84.1 Å². The molecule has 2 heterocycles. The van der Waals surface area contributed by atoms with Crippen molar-refractivity contribution >= 4 is 62.0 Å². The molecular weight excluding hydrogens is 600 g/mol. The SMILES string of the molecule is Cc1cc([N+](=O)[O-])c(C)c2c(=O)[nH]c(C3C(=O)c4cc5cc6c(cc5cc4C3=O)C(=O)N(c3ccc(C4=CC=CC4)cc3)C6=O)nc12. The third-order valence-electron chi connectivity index (χ3n) is 9.20. The highest BCUT2D eigenvalue weighted by Gasteiger charge is 2.43. The number of rotatable bonds is 4. The predicted molar refractivity (Wildman–Crippen MR) is 173 cm³/mol. The summed E-state index contributed by atoms with van der Waals surface area (Å²) in [7, 11) is 0. The molecule has 11 nitrogen and oxygen atoms in total. The molecule has 11 heteroatoms. The van der Waals surface area contributed by atoms with Crippen molar-refractivity contribution in [2.75, 3.05) is 4.90 Å². The van der Waals surface area contributed by atoms with Gasteiger partial charge in [0.15, 0.2) is 11.6 Å². The second-order valence-electron chi connectivity index (χ2n) is 11.9. The van der Waals surface area contributed by atoms with E-state index in [1.807, 2.05) is 24.3 Å². The number of aromatic nitrogens is 2. The van der Waals surface area contributed by atoms with Crippen LogP contribution in [0.2, 0.25) is 0 Å². The van der Waals surface area contributed by atoms with Crippen molar-refractivity contribution in [3.8, 4) is 0 Å². The van der Waals surface area contributed by atoms with Crippen molar-refractivity contribution in [3.05, 3.63) is 138 Å². The molecule has 1 aliphatic heterocycles. The van der Waals surface area contributed by atoms with Crippen molar-refractivity contribution in [1.29, 1.82) is 0 Å². The minimum absolute atomic E-state index is 0.0129. The van der Waals surface area contributed by atoms with E-state index < -0.39 is 39.8 Å². The highest BCUT2D eigenvalue weighted by Crippen LogP contribution is 2.39. The van der Waals surface area contributed by atoms with E-state index in [0.717, 1.165) is 22.5 Å². The van der Waals surface area contributed by atoms with Gasteiger partial charge in [-0.25, -0.2) is 9.88 Å². The number of Topliss-reactive ketones (excluding diaryl/α,β-unsaturated/α-hetero) is 2. The molecule has 4 aromatic carbocycles. The lowest BCUT2D eigenvalue weighted by Gasteiger charge is -2.14. The minimum Gasteiger partial charge on any atom is -0.309 e. The number of hydrogen-bond acceptors (Lipinski definition) is 8. The highest BCUT2D eigenvalue weighted by molar-refractivity contribution is 6.36. The molecule has 3 aliphatic rings. The Morgan fingerprint density at radius 3 is 2.00 bits per heavy atom. The van der Waals surface area contributed by atoms with Crippen LogP contribution in [0.15, 0.2) is 77.6 Å². The molecule has 2 aliphatic carbocycles. The van der Waals surface area contributed by atoms with Gasteiger partial charge in [0.2, 0.25) is 0 Å². The van der Waals surface area contributed by atoms with E-state index in [2.05, 4.69) is 16.0 Å². The Labute approximate surface area is 265 Å². The topological polar surface area (TPSA) is 160 Å². The van der Waals surface area contributed by atoms with Gasteiger partial charge in [-0.3, -0.25) is 34.1 Å². The molecule has 0 spiro atoms. The molecule has 47 heavy (non-hydrogen) atoms. The molecule has 0 unspecified atom stereocenters. The summed E-state index contributed by atoms with van der Waals surface area (Å²) >= 11 is 0. The first kappa shape index (κ1) is 28.1. The Balaban J connectivity index is 1.16. The van der Waals surface area contributed by atoms with Gasteiger partial charge in [-0.1, -0.05) is 30.4 Å². The van der Waals surface area contributed by atoms with Crippen LogP contribution in [0.5, 0.6) is 0 Å². The molecular formula is C36H22N4O7. The predicted octanol–water partition coefficient (Wildman–Crippen LogP) is 5.91. The summed E-state index contributed by atoms with van der Waals surface area (Å²) in [5.74, 6) is -3.75. The van der Waals surface area contributed by atoms with Crippen molar-refractivity contribution in [1.82, 2.24) is 9.97 Å². The second-order valence-corrected chi connectivity index (χ2v) is 11.9. The van der Waals surface area contributed by atoms with Gasteiger partial charge >= 0.3 is 0 Å². The number of nitrogens with one attached hydrogen (secondary N) is 1. The number of allylic oxidation sites excluding steroid dienone is 4. The van der Waals surface area contributed by atoms with E-state index >= 15 is 0 Å². The quantitative estimate of drug-likeness (QED) is 0.112. The maximum atomic E-state index is 13.7. The first-order chi connectivity index (χ1) is 22.5. The molecule has 0 atom stereocenters. The van der Waals surface area contributed by atoms with Crippen molar-refractivity contribution in [3.63, 3.8) is 0 Å². The Bertz CT molecular complexity index is 2410. The third-order valence-corrected chi connectivity index (χ3v) is 9.20. The molecule has 0 bridgehead atoms. The molecule has 2 amide bonds. The Hall–Kier alpha value is -6.36. The second kappa shape index (κ2) is 9.82. The number of anilines is 1. The molecule has 0 radical (unpaired) electrons. The zero-order chi connectivity index (χ0) is 32.9. The van der Waals surface area contributed by atoms with Crippen LogP contribution in [0, 0.1) is 24.0 Å². The van der Waals surface area contributed by atoms with Crippen LogP contribution >= 0.6 is 0 Å². The van der Waals surface area contributed by atoms with Gasteiger partial charge < -0.3 is 4.98 Å². The summed E-state index contributed by atoms with van der Waals surface area (Å²) in [6, 6.07) is 14.6. The smallest absolute Gasteiger partial charge is 0.273 e. The van der Waals surface area contributed by atoms with E-state index in [1.165, 1.54) is 25.1 Å². The lowest BCUT2D eigenvalue weighted by atomic mass is 9.98. The van der Waals surface area contributed by atoms with E-state index in [0.29, 0.717) is 22.0 Å². The van der Waals surface area contributed by atoms with Crippen molar-refractivity contribution in [2.24, 2.45) is 0 Å². The number of hydrogen-bond donors (Lipinski definition) is 1. The van der Waals surface area contributed by atoms with Gasteiger partial charge in [0.1, 0.15) is 11.7 Å². The van der Waals surface area contributed by atoms with Crippen LogP contribution in [-0.2, 0) is 0 Å². The van der Waals surface area contributed by atoms with Crippen molar-refractivity contribution in [2.45, 2.75) is 26.2 Å². The van der Waals surface area contributed by atoms with Crippen molar-refractivity contribution < 1.29 is 24.1 Å². The third kappa shape index (κ3) is 3.99. The fourth-order valence-electron chi connectivity index (χ4n) is 6.80. The number of fused-ring (bicyclic) bond motifs is 4. The molecule has 0 fully saturated rings. The summed E-state index contributed by atoms with van der Waals surface area (Å²) in [5, 5.41) is 12.5. The number of benzene rings is 4. The molecule has 1 N–H and O–H groups in total. The van der Waals surface area contributed by atoms with Gasteiger partial charge in [-0.15, -0.1) is 0 Å². The highest BCUT2D eigenvalue weighted by atomic mass is 16.6. The zero-order valence-electron chi connectivity index (χ0n) is 24.9. The van der Waals surface area contributed by atoms with Gasteiger partial charge in [0.25, 0.3) is 23.1 Å². The molecule has 1 aromatic heterocycles. The summed E-state index contributed by atoms with van der Waals surface area (Å²) in [6.07, 6.45) is 6.87. The number of nitrogens with zero attached hydrogens (tertiary/aromatic N) is 3. The van der Waals surface area contributed by atoms with E-state index in [1.54, 1.807) is 31.2 Å². The molecule has 228 valence electrons. The lowest BCUT2D eigenvalue weighted by Crippen LogP contribution is -2.29. The van der Waals surface area contributed by atoms with Crippen LogP contribution in [0.4, 0.5) is 11.4 Å². The number of carbonyl (C=O) groups excluding carboxylic acids is 4. The minimum atomic E-state index is -1.43. The van der Waals surface area contributed by atoms with Crippen LogP contribution in [0.1, 0.15) is 76.3 Å². The fourth-order valence-corrected chi connectivity index (χ4v) is 6.80. The Kier molecular flexibility index (Phi) is 5.88. The molecule has 0 saturated carbocycles. The number of aryl methyl sites for hydroxylation is 2. The average Bonchev–Trinajstić information content (AvgIpc) is 3.73. The van der Waals surface area contributed by atoms with E-state index in [-0.39, 0.29) is 50.2 Å². The monoisotopic (exact) mass is 622 g/mol. The number of nitro benzene ring substituents is 1. The maximum Gasteiger partial charge on any atom is 0.273 e. The lowest BCUT2D eigenvalue weighted by molar-refractivity contribution is -0.385. The van der Waals surface area contributed by atoms with Gasteiger partial charge in [-0.2, -0.15) is 0 Å². The fraction of sp³-hybridized carbons (Fsp3) is 0.111. The van der Waals surface area contributed by atoms with Crippen LogP contribution in [0.3, 0.4) is 0 Å². The Morgan fingerprint density at radius 1 is 0.851 bits per heavy atom. The number of H-pyrrole nitrogens is 1. The summed E-state index contributed by atoms with van der Waals surface area (Å²) in [5.41, 5.74) is 2.86. The average molecular weight is 623 g/mol. The number of ketones is 2. The maximum absolute atomic E-state index is 13.7. The van der Waals surface area contributed by atoms with Gasteiger partial charge in [0.05, 0.1) is 32.6 Å². The summed E-state index contributed by atoms with van der Waals surface area (Å²) in [6.45, 7) is 3.01. The Morgan fingerprint density at radius 2 is 1.45 bits per heavy atom. The standard InChI is InChI=1S/C36H22N4O7/c1-16-11-27(40(46)47)17(2)28-30(16)37-33(38-34(28)43)29-31(41)23-12-20-14-25-26(15-21(20)13-24(23)32(29)42)36(45)39(35(25)44)22-9-7-19(8-10-22)18-5-3-4-6-18/h3-5,7-15,29H,6H2,1-2H3,(H,37,38,43). The molecule has 8 rings (SSSR count). The number of carbonyl (C=O) groups is 4. The number of aromatic amines is 1. The summed E-state index contributed by atoms with van der Waals surface area (Å²) in [4.78, 5) is 86.6. The number of imide groups is 1. The van der Waals surface area contributed by atoms with Crippen LogP contribution in [0.25, 0.3) is 27.2 Å². The van der Waals surface area contributed by atoms with E-state index in [4.69, 9.17) is 0 Å². The van der Waals surface area contributed by atoms with Gasteiger partial charge in [0, 0.05) is 22.8 Å². The number of amides is 2. The molecule has 0 saturated heterocycles. The first-order valence-electron chi connectivity index (χ1n) is 14.8. The summed E-state index contributed by atoms with van der Waals surface area (Å²) < 4.78 is 0. The first-order valence-corrected chi connectivity index (χ1v) is 14.8. The largest absolute Gasteiger partial charge is 0.309 e. The zero-order valence-corrected chi connectivity index (χ0v) is 24.9. The normalized spacial score (nSPS) is 15.7. The number of nitro groups is 1. The van der Waals surface area contributed by atoms with Crippen LogP contribution in [-0.4, -0.2) is 38.3 Å². The van der Waals surface area contributed by atoms with E-state index in [9.17, 15) is 34.1 Å². The molecule has 5 aromatic rings. The van der Waals surface area contributed by atoms with Crippen LogP contribution < -0.4 is 10.5 Å².